The number of para-hydroxylation sites is 1. The van der Waals surface area contributed by atoms with Crippen LogP contribution in [0.5, 0.6) is 0 Å². The van der Waals surface area contributed by atoms with Crippen molar-refractivity contribution in [3.63, 3.8) is 0 Å². The van der Waals surface area contributed by atoms with Crippen molar-refractivity contribution in [2.45, 2.75) is 57.1 Å². The molecule has 0 saturated carbocycles. The molecule has 0 bridgehead atoms. The van der Waals surface area contributed by atoms with Crippen LogP contribution in [-0.2, 0) is 32.6 Å². The number of carbonyl (C=O) groups excluding carboxylic acids is 2. The van der Waals surface area contributed by atoms with E-state index in [2.05, 4.69) is 21.2 Å². The van der Waals surface area contributed by atoms with Gasteiger partial charge >= 0.3 is 0 Å². The van der Waals surface area contributed by atoms with Crippen molar-refractivity contribution in [3.05, 3.63) is 129 Å². The maximum Gasteiger partial charge on any atom is 0.264 e. The normalized spacial score (nSPS) is 12.3. The second-order valence-electron chi connectivity index (χ2n) is 11.9. The van der Waals surface area contributed by atoms with E-state index in [0.29, 0.717) is 0 Å². The monoisotopic (exact) mass is 709 g/mol. The third-order valence-electron chi connectivity index (χ3n) is 7.02. The molecule has 0 heterocycles. The Hall–Kier alpha value is -3.66. The van der Waals surface area contributed by atoms with Crippen LogP contribution in [0.2, 0.25) is 5.02 Å². The van der Waals surface area contributed by atoms with Crippen molar-refractivity contribution >= 4 is 55.1 Å². The topological polar surface area (TPSA) is 86.8 Å². The minimum atomic E-state index is -4.24. The summed E-state index contributed by atoms with van der Waals surface area (Å²) in [7, 11) is -4.24. The van der Waals surface area contributed by atoms with Gasteiger partial charge in [-0.3, -0.25) is 13.9 Å². The predicted octanol–water partition coefficient (Wildman–Crippen LogP) is 7.16. The summed E-state index contributed by atoms with van der Waals surface area (Å²) >= 11 is 10.0. The Morgan fingerprint density at radius 1 is 0.867 bits per heavy atom. The molecule has 0 aromatic heterocycles. The molecule has 45 heavy (non-hydrogen) atoms. The van der Waals surface area contributed by atoms with E-state index < -0.39 is 34.1 Å². The van der Waals surface area contributed by atoms with Crippen molar-refractivity contribution in [1.82, 2.24) is 10.2 Å². The summed E-state index contributed by atoms with van der Waals surface area (Å²) in [5.74, 6) is -0.907. The molecule has 0 aliphatic rings. The Labute approximate surface area is 279 Å². The number of aryl methyl sites for hydroxylation is 1. The van der Waals surface area contributed by atoms with Crippen LogP contribution in [0.3, 0.4) is 0 Å². The summed E-state index contributed by atoms with van der Waals surface area (Å²) in [4.78, 5) is 30.0. The lowest BCUT2D eigenvalue weighted by Crippen LogP contribution is -2.56. The van der Waals surface area contributed by atoms with Crippen molar-refractivity contribution in [2.75, 3.05) is 10.8 Å². The number of amides is 2. The van der Waals surface area contributed by atoms with E-state index in [9.17, 15) is 18.0 Å². The first-order valence-corrected chi connectivity index (χ1v) is 17.1. The molecule has 1 N–H and O–H groups in total. The number of anilines is 1. The summed E-state index contributed by atoms with van der Waals surface area (Å²) in [6, 6.07) is 28.9. The zero-order valence-corrected chi connectivity index (χ0v) is 28.9. The highest BCUT2D eigenvalue weighted by molar-refractivity contribution is 9.10. The van der Waals surface area contributed by atoms with Crippen LogP contribution in [0.15, 0.2) is 112 Å². The molecule has 0 fully saturated rings. The minimum Gasteiger partial charge on any atom is -0.350 e. The van der Waals surface area contributed by atoms with E-state index in [4.69, 9.17) is 11.6 Å². The SMILES string of the molecule is Cc1ccc(S(=O)(=O)N(CC(=O)N(Cc2cccc(Br)c2)C(Cc2ccccc2)C(=O)NC(C)(C)C)c2ccccc2Cl)cc1. The van der Waals surface area contributed by atoms with Crippen molar-refractivity contribution in [3.8, 4) is 0 Å². The smallest absolute Gasteiger partial charge is 0.264 e. The number of hydrogen-bond acceptors (Lipinski definition) is 4. The molecule has 0 aliphatic heterocycles. The zero-order chi connectivity index (χ0) is 32.8. The fourth-order valence-corrected chi connectivity index (χ4v) is 7.01. The first kappa shape index (κ1) is 34.2. The summed E-state index contributed by atoms with van der Waals surface area (Å²) in [6.45, 7) is 6.96. The van der Waals surface area contributed by atoms with Gasteiger partial charge in [0.15, 0.2) is 0 Å². The van der Waals surface area contributed by atoms with Gasteiger partial charge in [0.25, 0.3) is 10.0 Å². The van der Waals surface area contributed by atoms with Crippen LogP contribution in [0.25, 0.3) is 0 Å². The molecule has 1 atom stereocenters. The highest BCUT2D eigenvalue weighted by Crippen LogP contribution is 2.31. The number of rotatable bonds is 11. The lowest BCUT2D eigenvalue weighted by Gasteiger charge is -2.35. The number of nitrogens with one attached hydrogen (secondary N) is 1. The van der Waals surface area contributed by atoms with Crippen LogP contribution in [0, 0.1) is 6.92 Å². The van der Waals surface area contributed by atoms with Crippen molar-refractivity contribution < 1.29 is 18.0 Å². The Morgan fingerprint density at radius 3 is 2.11 bits per heavy atom. The van der Waals surface area contributed by atoms with Gasteiger partial charge in [0, 0.05) is 23.0 Å². The Balaban J connectivity index is 1.83. The largest absolute Gasteiger partial charge is 0.350 e. The molecule has 0 aliphatic carbocycles. The van der Waals surface area contributed by atoms with Gasteiger partial charge in [-0.25, -0.2) is 8.42 Å². The summed E-state index contributed by atoms with van der Waals surface area (Å²) in [6.07, 6.45) is 0.222. The molecule has 0 saturated heterocycles. The van der Waals surface area contributed by atoms with Gasteiger partial charge in [-0.2, -0.15) is 0 Å². The average molecular weight is 711 g/mol. The molecular formula is C35H37BrClN3O4S. The molecule has 236 valence electrons. The lowest BCUT2D eigenvalue weighted by molar-refractivity contribution is -0.140. The van der Waals surface area contributed by atoms with Gasteiger partial charge in [-0.1, -0.05) is 99.8 Å². The number of hydrogen-bond donors (Lipinski definition) is 1. The highest BCUT2D eigenvalue weighted by atomic mass is 79.9. The highest BCUT2D eigenvalue weighted by Gasteiger charge is 2.36. The van der Waals surface area contributed by atoms with E-state index in [1.165, 1.54) is 17.0 Å². The lowest BCUT2D eigenvalue weighted by atomic mass is 10.0. The first-order chi connectivity index (χ1) is 21.2. The van der Waals surface area contributed by atoms with Crippen molar-refractivity contribution in [2.24, 2.45) is 0 Å². The number of halogens is 2. The van der Waals surface area contributed by atoms with E-state index in [0.717, 1.165) is 25.5 Å². The summed E-state index contributed by atoms with van der Waals surface area (Å²) in [5, 5.41) is 3.20. The molecule has 0 radical (unpaired) electrons. The molecular weight excluding hydrogens is 674 g/mol. The Bertz CT molecular complexity index is 1740. The van der Waals surface area contributed by atoms with E-state index >= 15 is 0 Å². The predicted molar refractivity (Wildman–Crippen MR) is 184 cm³/mol. The maximum atomic E-state index is 14.5. The van der Waals surface area contributed by atoms with Crippen LogP contribution in [0.4, 0.5) is 5.69 Å². The van der Waals surface area contributed by atoms with Crippen LogP contribution in [-0.4, -0.2) is 43.3 Å². The van der Waals surface area contributed by atoms with Gasteiger partial charge in [0.1, 0.15) is 12.6 Å². The Morgan fingerprint density at radius 2 is 1.49 bits per heavy atom. The number of carbonyl (C=O) groups is 2. The second kappa shape index (κ2) is 14.6. The van der Waals surface area contributed by atoms with E-state index in [-0.39, 0.29) is 34.5 Å². The van der Waals surface area contributed by atoms with Gasteiger partial charge in [-0.05, 0) is 75.2 Å². The number of nitrogens with zero attached hydrogens (tertiary/aromatic N) is 2. The summed E-state index contributed by atoms with van der Waals surface area (Å²) < 4.78 is 30.1. The number of sulfonamides is 1. The van der Waals surface area contributed by atoms with Gasteiger partial charge < -0.3 is 10.2 Å². The fourth-order valence-electron chi connectivity index (χ4n) is 4.84. The van der Waals surface area contributed by atoms with Crippen LogP contribution < -0.4 is 9.62 Å². The standard InChI is InChI=1S/C35H37BrClN3O4S/c1-25-17-19-29(20-18-25)45(43,44)40(31-16-9-8-15-30(31)37)24-33(41)39(23-27-13-10-14-28(36)21-27)32(34(42)38-35(2,3)4)22-26-11-6-5-7-12-26/h5-21,32H,22-24H2,1-4H3,(H,38,42). The Kier molecular flexibility index (Phi) is 11.1. The molecule has 0 spiro atoms. The third-order valence-corrected chi connectivity index (χ3v) is 9.61. The zero-order valence-electron chi connectivity index (χ0n) is 25.7. The first-order valence-electron chi connectivity index (χ1n) is 14.5. The summed E-state index contributed by atoms with van der Waals surface area (Å²) in [5.41, 5.74) is 2.10. The number of benzene rings is 4. The maximum absolute atomic E-state index is 14.5. The molecule has 4 aromatic rings. The van der Waals surface area contributed by atoms with Gasteiger partial charge in [-0.15, -0.1) is 0 Å². The fraction of sp³-hybridized carbons (Fsp3) is 0.257. The molecule has 4 aromatic carbocycles. The minimum absolute atomic E-state index is 0.0191. The molecule has 2 amide bonds. The second-order valence-corrected chi connectivity index (χ2v) is 15.1. The third kappa shape index (κ3) is 9.19. The van der Waals surface area contributed by atoms with Crippen molar-refractivity contribution in [1.29, 1.82) is 0 Å². The molecule has 4 rings (SSSR count). The molecule has 7 nitrogen and oxygen atoms in total. The quantitative estimate of drug-likeness (QED) is 0.179. The van der Waals surface area contributed by atoms with Gasteiger partial charge in [0.2, 0.25) is 11.8 Å². The average Bonchev–Trinajstić information content (AvgIpc) is 2.98. The van der Waals surface area contributed by atoms with E-state index in [1.54, 1.807) is 36.4 Å². The van der Waals surface area contributed by atoms with Gasteiger partial charge in [0.05, 0.1) is 15.6 Å². The molecule has 1 unspecified atom stereocenters. The van der Waals surface area contributed by atoms with Crippen LogP contribution in [0.1, 0.15) is 37.5 Å². The van der Waals surface area contributed by atoms with E-state index in [1.807, 2.05) is 82.3 Å². The molecule has 10 heteroatoms. The van der Waals surface area contributed by atoms with Crippen LogP contribution >= 0.6 is 27.5 Å².